The minimum absolute atomic E-state index is 0.800. The van der Waals surface area contributed by atoms with Crippen molar-refractivity contribution in [1.29, 1.82) is 0 Å². The molecule has 4 heteroatoms. The highest BCUT2D eigenvalue weighted by atomic mass is 79.9. The summed E-state index contributed by atoms with van der Waals surface area (Å²) in [7, 11) is 0. The number of nitrogens with one attached hydrogen (secondary N) is 1. The summed E-state index contributed by atoms with van der Waals surface area (Å²) < 4.78 is 2.12. The zero-order chi connectivity index (χ0) is 10.6. The Balaban J connectivity index is 2.60. The molecule has 15 heavy (non-hydrogen) atoms. The minimum atomic E-state index is 0.800. The van der Waals surface area contributed by atoms with E-state index < -0.39 is 0 Å². The van der Waals surface area contributed by atoms with Gasteiger partial charge in [-0.15, -0.1) is 0 Å². The molecule has 0 saturated heterocycles. The Morgan fingerprint density at radius 1 is 1.13 bits per heavy atom. The van der Waals surface area contributed by atoms with Crippen LogP contribution in [0.25, 0.3) is 10.8 Å². The normalized spacial score (nSPS) is 13.3. The van der Waals surface area contributed by atoms with Crippen molar-refractivity contribution in [2.24, 2.45) is 0 Å². The molecule has 1 aliphatic rings. The van der Waals surface area contributed by atoms with Crippen molar-refractivity contribution in [3.8, 4) is 0 Å². The Morgan fingerprint density at radius 2 is 1.93 bits per heavy atom. The molecule has 1 nitrogen and oxygen atoms in total. The Morgan fingerprint density at radius 3 is 2.73 bits per heavy atom. The quantitative estimate of drug-likeness (QED) is 0.709. The van der Waals surface area contributed by atoms with Crippen LogP contribution in [-0.4, -0.2) is 4.99 Å². The summed E-state index contributed by atoms with van der Waals surface area (Å²) >= 11 is 12.4. The second-order valence-corrected chi connectivity index (χ2v) is 5.51. The third-order valence-corrected chi connectivity index (χ3v) is 4.15. The van der Waals surface area contributed by atoms with Crippen molar-refractivity contribution in [3.63, 3.8) is 0 Å². The van der Waals surface area contributed by atoms with Crippen molar-refractivity contribution >= 4 is 65.5 Å². The van der Waals surface area contributed by atoms with Crippen molar-refractivity contribution in [1.82, 2.24) is 0 Å². The molecule has 2 aromatic rings. The van der Waals surface area contributed by atoms with Gasteiger partial charge in [0.2, 0.25) is 0 Å². The summed E-state index contributed by atoms with van der Waals surface area (Å²) in [6.07, 6.45) is 0. The van der Waals surface area contributed by atoms with E-state index in [9.17, 15) is 0 Å². The van der Waals surface area contributed by atoms with Gasteiger partial charge in [0.1, 0.15) is 4.99 Å². The summed E-state index contributed by atoms with van der Waals surface area (Å²) in [4.78, 5) is 0.800. The van der Waals surface area contributed by atoms with E-state index in [4.69, 9.17) is 12.2 Å². The number of rotatable bonds is 0. The molecular weight excluding hydrogens is 338 g/mol. The molecule has 0 bridgehead atoms. The molecule has 3 rings (SSSR count). The SMILES string of the molecule is S=C1Nc2c(Br)cc(Br)c3cccc1c23. The highest BCUT2D eigenvalue weighted by molar-refractivity contribution is 9.11. The van der Waals surface area contributed by atoms with Gasteiger partial charge in [-0.05, 0) is 27.4 Å². The van der Waals surface area contributed by atoms with Crippen molar-refractivity contribution in [2.75, 3.05) is 5.32 Å². The predicted octanol–water partition coefficient (Wildman–Crippen LogP) is 4.47. The highest BCUT2D eigenvalue weighted by Gasteiger charge is 2.21. The van der Waals surface area contributed by atoms with Crippen LogP contribution in [0.5, 0.6) is 0 Å². The zero-order valence-electron chi connectivity index (χ0n) is 7.47. The van der Waals surface area contributed by atoms with E-state index in [2.05, 4.69) is 43.2 Å². The minimum Gasteiger partial charge on any atom is -0.345 e. The number of benzene rings is 2. The van der Waals surface area contributed by atoms with Gasteiger partial charge in [-0.25, -0.2) is 0 Å². The van der Waals surface area contributed by atoms with Gasteiger partial charge in [0, 0.05) is 19.9 Å². The summed E-state index contributed by atoms with van der Waals surface area (Å²) in [5.41, 5.74) is 2.19. The van der Waals surface area contributed by atoms with E-state index in [1.165, 1.54) is 10.8 Å². The third-order valence-electron chi connectivity index (χ3n) is 2.55. The van der Waals surface area contributed by atoms with Crippen LogP contribution in [-0.2, 0) is 0 Å². The van der Waals surface area contributed by atoms with E-state index in [0.29, 0.717) is 0 Å². The molecule has 74 valence electrons. The molecule has 1 aliphatic heterocycles. The topological polar surface area (TPSA) is 12.0 Å². The molecule has 0 amide bonds. The van der Waals surface area contributed by atoms with Gasteiger partial charge in [-0.2, -0.15) is 0 Å². The lowest BCUT2D eigenvalue weighted by molar-refractivity contribution is 1.66. The van der Waals surface area contributed by atoms with Crippen molar-refractivity contribution < 1.29 is 0 Å². The lowest BCUT2D eigenvalue weighted by Crippen LogP contribution is -2.02. The first-order valence-corrected chi connectivity index (χ1v) is 6.40. The smallest absolute Gasteiger partial charge is 0.111 e. The fraction of sp³-hybridized carbons (Fsp3) is 0. The Bertz CT molecular complexity index is 607. The molecule has 0 atom stereocenters. The van der Waals surface area contributed by atoms with E-state index in [0.717, 1.165) is 25.2 Å². The molecule has 1 heterocycles. The van der Waals surface area contributed by atoms with Gasteiger partial charge in [0.05, 0.1) is 5.69 Å². The molecule has 0 aliphatic carbocycles. The van der Waals surface area contributed by atoms with E-state index >= 15 is 0 Å². The van der Waals surface area contributed by atoms with Crippen LogP contribution in [0.4, 0.5) is 5.69 Å². The summed E-state index contributed by atoms with van der Waals surface area (Å²) in [5, 5.41) is 5.62. The monoisotopic (exact) mass is 341 g/mol. The molecule has 1 N–H and O–H groups in total. The summed E-state index contributed by atoms with van der Waals surface area (Å²) in [5.74, 6) is 0. The largest absolute Gasteiger partial charge is 0.345 e. The van der Waals surface area contributed by atoms with Gasteiger partial charge in [-0.3, -0.25) is 0 Å². The van der Waals surface area contributed by atoms with Gasteiger partial charge in [0.15, 0.2) is 0 Å². The molecular formula is C11H5Br2NS. The maximum atomic E-state index is 5.29. The first-order valence-electron chi connectivity index (χ1n) is 4.40. The first-order chi connectivity index (χ1) is 7.18. The lowest BCUT2D eigenvalue weighted by Gasteiger charge is -2.05. The standard InChI is InChI=1S/C11H5Br2NS/c12-7-4-8(13)10-9-5(7)2-1-3-6(9)11(15)14-10/h1-4H,(H,14,15). The molecule has 0 fully saturated rings. The first kappa shape index (κ1) is 9.75. The number of anilines is 1. The molecule has 0 unspecified atom stereocenters. The molecule has 0 saturated carbocycles. The fourth-order valence-corrected chi connectivity index (χ4v) is 3.56. The maximum Gasteiger partial charge on any atom is 0.111 e. The van der Waals surface area contributed by atoms with Crippen LogP contribution in [0.1, 0.15) is 5.56 Å². The Hall–Kier alpha value is -0.450. The van der Waals surface area contributed by atoms with Crippen LogP contribution < -0.4 is 5.32 Å². The Kier molecular flexibility index (Phi) is 2.13. The molecule has 0 radical (unpaired) electrons. The Labute approximate surface area is 109 Å². The second-order valence-electron chi connectivity index (χ2n) is 3.40. The van der Waals surface area contributed by atoms with E-state index in [1.807, 2.05) is 18.2 Å². The van der Waals surface area contributed by atoms with Crippen LogP contribution >= 0.6 is 44.1 Å². The van der Waals surface area contributed by atoms with Crippen molar-refractivity contribution in [3.05, 3.63) is 38.8 Å². The predicted molar refractivity (Wildman–Crippen MR) is 74.7 cm³/mol. The average molecular weight is 343 g/mol. The lowest BCUT2D eigenvalue weighted by atomic mass is 10.1. The molecule has 0 spiro atoms. The van der Waals surface area contributed by atoms with Crippen LogP contribution in [0, 0.1) is 0 Å². The van der Waals surface area contributed by atoms with Crippen molar-refractivity contribution in [2.45, 2.75) is 0 Å². The number of thiocarbonyl (C=S) groups is 1. The molecule has 2 aromatic carbocycles. The number of hydrogen-bond acceptors (Lipinski definition) is 1. The van der Waals surface area contributed by atoms with Gasteiger partial charge < -0.3 is 5.32 Å². The van der Waals surface area contributed by atoms with Gasteiger partial charge >= 0.3 is 0 Å². The summed E-state index contributed by atoms with van der Waals surface area (Å²) in [6, 6.07) is 8.21. The summed E-state index contributed by atoms with van der Waals surface area (Å²) in [6.45, 7) is 0. The van der Waals surface area contributed by atoms with Crippen LogP contribution in [0.15, 0.2) is 33.2 Å². The highest BCUT2D eigenvalue weighted by Crippen LogP contribution is 2.42. The molecule has 0 aromatic heterocycles. The van der Waals surface area contributed by atoms with E-state index in [1.54, 1.807) is 0 Å². The third kappa shape index (κ3) is 1.28. The zero-order valence-corrected chi connectivity index (χ0v) is 11.5. The van der Waals surface area contributed by atoms with E-state index in [-0.39, 0.29) is 0 Å². The fourth-order valence-electron chi connectivity index (χ4n) is 1.89. The average Bonchev–Trinajstić information content (AvgIpc) is 2.55. The van der Waals surface area contributed by atoms with Crippen LogP contribution in [0.2, 0.25) is 0 Å². The number of hydrogen-bond donors (Lipinski definition) is 1. The number of halogens is 2. The van der Waals surface area contributed by atoms with Crippen LogP contribution in [0.3, 0.4) is 0 Å². The van der Waals surface area contributed by atoms with Gasteiger partial charge in [-0.1, -0.05) is 46.3 Å². The van der Waals surface area contributed by atoms with Gasteiger partial charge in [0.25, 0.3) is 0 Å². The second kappa shape index (κ2) is 3.27. The maximum absolute atomic E-state index is 5.29.